The van der Waals surface area contributed by atoms with Gasteiger partial charge in [-0.2, -0.15) is 0 Å². The van der Waals surface area contributed by atoms with Gasteiger partial charge >= 0.3 is 0 Å². The Balaban J connectivity index is 2.49. The lowest BCUT2D eigenvalue weighted by atomic mass is 9.94. The maximum atomic E-state index is 4.05. The molecule has 0 spiro atoms. The number of hydrogen-bond acceptors (Lipinski definition) is 1. The summed E-state index contributed by atoms with van der Waals surface area (Å²) in [6.45, 7) is 6.82. The van der Waals surface area contributed by atoms with Crippen molar-refractivity contribution in [1.82, 2.24) is 4.98 Å². The lowest BCUT2D eigenvalue weighted by molar-refractivity contribution is 0.525. The second-order valence-corrected chi connectivity index (χ2v) is 5.73. The van der Waals surface area contributed by atoms with Crippen molar-refractivity contribution in [1.29, 1.82) is 0 Å². The number of aromatic nitrogens is 1. The van der Waals surface area contributed by atoms with Crippen molar-refractivity contribution in [2.75, 3.05) is 0 Å². The highest BCUT2D eigenvalue weighted by molar-refractivity contribution is 9.09. The minimum atomic E-state index is 0.562. The zero-order valence-corrected chi connectivity index (χ0v) is 11.4. The summed E-state index contributed by atoms with van der Waals surface area (Å²) in [6, 6.07) is 4.21. The van der Waals surface area contributed by atoms with Crippen LogP contribution in [0.25, 0.3) is 0 Å². The summed E-state index contributed by atoms with van der Waals surface area (Å²) in [7, 11) is 0. The third kappa shape index (κ3) is 4.33. The van der Waals surface area contributed by atoms with Gasteiger partial charge in [0.2, 0.25) is 0 Å². The van der Waals surface area contributed by atoms with E-state index >= 15 is 0 Å². The van der Waals surface area contributed by atoms with Gasteiger partial charge in [-0.15, -0.1) is 0 Å². The zero-order chi connectivity index (χ0) is 11.3. The minimum absolute atomic E-state index is 0.562. The molecule has 1 heterocycles. The van der Waals surface area contributed by atoms with Gasteiger partial charge in [0.1, 0.15) is 0 Å². The van der Waals surface area contributed by atoms with Crippen LogP contribution in [0.4, 0.5) is 0 Å². The molecule has 84 valence electrons. The monoisotopic (exact) mass is 269 g/mol. The van der Waals surface area contributed by atoms with Crippen LogP contribution < -0.4 is 0 Å². The van der Waals surface area contributed by atoms with E-state index in [-0.39, 0.29) is 0 Å². The molecule has 0 aliphatic rings. The van der Waals surface area contributed by atoms with Crippen LogP contribution in [0, 0.1) is 5.92 Å². The maximum Gasteiger partial charge on any atom is 0.0270 e. The average Bonchev–Trinajstić information content (AvgIpc) is 2.26. The number of nitrogens with zero attached hydrogens (tertiary/aromatic N) is 1. The third-order valence-corrected chi connectivity index (χ3v) is 4.05. The van der Waals surface area contributed by atoms with Crippen molar-refractivity contribution in [2.45, 2.75) is 44.4 Å². The molecule has 0 amide bonds. The Morgan fingerprint density at radius 1 is 1.13 bits per heavy atom. The summed E-state index contributed by atoms with van der Waals surface area (Å²) in [5.41, 5.74) is 1.37. The van der Waals surface area contributed by atoms with E-state index in [1.165, 1.54) is 18.4 Å². The SMILES string of the molecule is CC(C)CCC(Br)C(C)c1ccncc1. The molecule has 0 bridgehead atoms. The molecular weight excluding hydrogens is 250 g/mol. The van der Waals surface area contributed by atoms with E-state index in [0.717, 1.165) is 5.92 Å². The first kappa shape index (κ1) is 12.7. The number of pyridine rings is 1. The normalized spacial score (nSPS) is 15.3. The van der Waals surface area contributed by atoms with Gasteiger partial charge in [-0.05, 0) is 42.4 Å². The molecule has 15 heavy (non-hydrogen) atoms. The van der Waals surface area contributed by atoms with Gasteiger partial charge in [-0.3, -0.25) is 4.98 Å². The second kappa shape index (κ2) is 6.26. The van der Waals surface area contributed by atoms with Crippen LogP contribution >= 0.6 is 15.9 Å². The average molecular weight is 270 g/mol. The smallest absolute Gasteiger partial charge is 0.0270 e. The lowest BCUT2D eigenvalue weighted by Crippen LogP contribution is -2.10. The predicted octanol–water partition coefficient (Wildman–Crippen LogP) is 4.38. The van der Waals surface area contributed by atoms with Crippen LogP contribution in [0.15, 0.2) is 24.5 Å². The van der Waals surface area contributed by atoms with Gasteiger partial charge in [-0.1, -0.05) is 36.7 Å². The Bertz CT molecular complexity index is 271. The van der Waals surface area contributed by atoms with Gasteiger partial charge in [0.25, 0.3) is 0 Å². The Labute approximate surface area is 101 Å². The molecule has 1 aromatic heterocycles. The fourth-order valence-electron chi connectivity index (χ4n) is 1.62. The van der Waals surface area contributed by atoms with Gasteiger partial charge in [0, 0.05) is 17.2 Å². The summed E-state index contributed by atoms with van der Waals surface area (Å²) in [5, 5.41) is 0. The molecule has 1 nitrogen and oxygen atoms in total. The molecule has 0 aliphatic heterocycles. The first-order valence-corrected chi connectivity index (χ1v) is 6.56. The first-order valence-electron chi connectivity index (χ1n) is 5.65. The van der Waals surface area contributed by atoms with Gasteiger partial charge < -0.3 is 0 Å². The molecule has 1 aromatic rings. The van der Waals surface area contributed by atoms with E-state index in [1.807, 2.05) is 12.4 Å². The van der Waals surface area contributed by atoms with E-state index in [1.54, 1.807) is 0 Å². The summed E-state index contributed by atoms with van der Waals surface area (Å²) in [4.78, 5) is 4.62. The van der Waals surface area contributed by atoms with Crippen molar-refractivity contribution in [2.24, 2.45) is 5.92 Å². The highest BCUT2D eigenvalue weighted by Crippen LogP contribution is 2.28. The maximum absolute atomic E-state index is 4.05. The van der Waals surface area contributed by atoms with Crippen molar-refractivity contribution >= 4 is 15.9 Å². The minimum Gasteiger partial charge on any atom is -0.265 e. The van der Waals surface area contributed by atoms with Crippen molar-refractivity contribution in [3.05, 3.63) is 30.1 Å². The molecule has 2 unspecified atom stereocenters. The number of rotatable bonds is 5. The van der Waals surface area contributed by atoms with E-state index in [4.69, 9.17) is 0 Å². The van der Waals surface area contributed by atoms with E-state index in [2.05, 4.69) is 53.8 Å². The molecule has 0 aromatic carbocycles. The summed E-state index contributed by atoms with van der Waals surface area (Å²) in [6.07, 6.45) is 6.26. The quantitative estimate of drug-likeness (QED) is 0.723. The topological polar surface area (TPSA) is 12.9 Å². The molecule has 0 saturated carbocycles. The fourth-order valence-corrected chi connectivity index (χ4v) is 2.19. The molecule has 1 rings (SSSR count). The molecule has 0 fully saturated rings. The van der Waals surface area contributed by atoms with Gasteiger partial charge in [0.05, 0.1) is 0 Å². The van der Waals surface area contributed by atoms with E-state index in [0.29, 0.717) is 10.7 Å². The van der Waals surface area contributed by atoms with Crippen molar-refractivity contribution in [3.8, 4) is 0 Å². The van der Waals surface area contributed by atoms with E-state index < -0.39 is 0 Å². The van der Waals surface area contributed by atoms with Gasteiger partial charge in [-0.25, -0.2) is 0 Å². The second-order valence-electron chi connectivity index (χ2n) is 4.56. The number of halogens is 1. The molecular formula is C13H20BrN. The number of hydrogen-bond donors (Lipinski definition) is 0. The summed E-state index contributed by atoms with van der Waals surface area (Å²) < 4.78 is 0. The van der Waals surface area contributed by atoms with Crippen LogP contribution in [0.3, 0.4) is 0 Å². The Morgan fingerprint density at radius 2 is 1.73 bits per heavy atom. The highest BCUT2D eigenvalue weighted by Gasteiger charge is 2.15. The molecule has 0 aliphatic carbocycles. The van der Waals surface area contributed by atoms with Gasteiger partial charge in [0.15, 0.2) is 0 Å². The van der Waals surface area contributed by atoms with Crippen LogP contribution in [0.1, 0.15) is 45.1 Å². The van der Waals surface area contributed by atoms with Crippen LogP contribution in [-0.4, -0.2) is 9.81 Å². The largest absolute Gasteiger partial charge is 0.265 e. The summed E-state index contributed by atoms with van der Waals surface area (Å²) >= 11 is 3.79. The third-order valence-electron chi connectivity index (χ3n) is 2.79. The highest BCUT2D eigenvalue weighted by atomic mass is 79.9. The fraction of sp³-hybridized carbons (Fsp3) is 0.615. The van der Waals surface area contributed by atoms with Crippen molar-refractivity contribution < 1.29 is 0 Å². The van der Waals surface area contributed by atoms with E-state index in [9.17, 15) is 0 Å². The standard InChI is InChI=1S/C13H20BrN/c1-10(2)4-5-13(14)11(3)12-6-8-15-9-7-12/h6-11,13H,4-5H2,1-3H3. The van der Waals surface area contributed by atoms with Crippen LogP contribution in [-0.2, 0) is 0 Å². The Kier molecular flexibility index (Phi) is 5.30. The number of alkyl halides is 1. The molecule has 0 saturated heterocycles. The molecule has 0 N–H and O–H groups in total. The predicted molar refractivity (Wildman–Crippen MR) is 69.4 cm³/mol. The van der Waals surface area contributed by atoms with Crippen LogP contribution in [0.5, 0.6) is 0 Å². The zero-order valence-electron chi connectivity index (χ0n) is 9.78. The van der Waals surface area contributed by atoms with Crippen LogP contribution in [0.2, 0.25) is 0 Å². The Hall–Kier alpha value is -0.370. The lowest BCUT2D eigenvalue weighted by Gasteiger charge is -2.19. The Morgan fingerprint density at radius 3 is 2.27 bits per heavy atom. The van der Waals surface area contributed by atoms with Crippen molar-refractivity contribution in [3.63, 3.8) is 0 Å². The molecule has 0 radical (unpaired) electrons. The molecule has 2 atom stereocenters. The molecule has 2 heteroatoms. The summed E-state index contributed by atoms with van der Waals surface area (Å²) in [5.74, 6) is 1.35. The first-order chi connectivity index (χ1) is 7.11.